The summed E-state index contributed by atoms with van der Waals surface area (Å²) in [7, 11) is 1.32. The smallest absolute Gasteiger partial charge is 0.360 e. The molecular weight excluding hydrogens is 206 g/mol. The van der Waals surface area contributed by atoms with Gasteiger partial charge in [0.15, 0.2) is 5.69 Å². The van der Waals surface area contributed by atoms with Crippen molar-refractivity contribution in [3.05, 3.63) is 47.8 Å². The molecule has 0 aliphatic heterocycles. The first-order valence-corrected chi connectivity index (χ1v) is 4.82. The van der Waals surface area contributed by atoms with Crippen LogP contribution in [0.4, 0.5) is 0 Å². The third-order valence-electron chi connectivity index (χ3n) is 2.12. The predicted molar refractivity (Wildman–Crippen MR) is 56.9 cm³/mol. The highest BCUT2D eigenvalue weighted by molar-refractivity contribution is 5.86. The van der Waals surface area contributed by atoms with Gasteiger partial charge in [-0.2, -0.15) is 0 Å². The predicted octanol–water partition coefficient (Wildman–Crippen LogP) is 1.11. The molecule has 0 amide bonds. The second-order valence-corrected chi connectivity index (χ2v) is 3.28. The Kier molecular flexibility index (Phi) is 2.95. The van der Waals surface area contributed by atoms with Crippen LogP contribution in [0.2, 0.25) is 0 Å². The van der Waals surface area contributed by atoms with Crippen LogP contribution in [0.3, 0.4) is 0 Å². The van der Waals surface area contributed by atoms with E-state index in [1.165, 1.54) is 7.11 Å². The molecule has 5 heteroatoms. The molecule has 2 aromatic rings. The summed E-state index contributed by atoms with van der Waals surface area (Å²) in [6.45, 7) is 0.588. The lowest BCUT2D eigenvalue weighted by molar-refractivity contribution is 0.0594. The second kappa shape index (κ2) is 4.57. The lowest BCUT2D eigenvalue weighted by atomic mass is 10.2. The lowest BCUT2D eigenvalue weighted by Gasteiger charge is -1.99. The summed E-state index contributed by atoms with van der Waals surface area (Å²) in [4.78, 5) is 11.1. The lowest BCUT2D eigenvalue weighted by Crippen LogP contribution is -2.01. The first kappa shape index (κ1) is 10.4. The number of carbonyl (C=O) groups is 1. The van der Waals surface area contributed by atoms with Gasteiger partial charge in [0.2, 0.25) is 0 Å². The summed E-state index contributed by atoms with van der Waals surface area (Å²) in [6, 6.07) is 9.82. The van der Waals surface area contributed by atoms with Gasteiger partial charge < -0.3 is 4.74 Å². The maximum absolute atomic E-state index is 11.1. The fourth-order valence-corrected chi connectivity index (χ4v) is 1.34. The third-order valence-corrected chi connectivity index (χ3v) is 2.12. The van der Waals surface area contributed by atoms with Crippen molar-refractivity contribution in [2.45, 2.75) is 6.54 Å². The zero-order chi connectivity index (χ0) is 11.4. The van der Waals surface area contributed by atoms with Gasteiger partial charge in [0, 0.05) is 0 Å². The van der Waals surface area contributed by atoms with E-state index in [0.29, 0.717) is 6.54 Å². The largest absolute Gasteiger partial charge is 0.464 e. The molecule has 0 spiro atoms. The summed E-state index contributed by atoms with van der Waals surface area (Å²) >= 11 is 0. The van der Waals surface area contributed by atoms with Crippen LogP contribution in [0.25, 0.3) is 0 Å². The Morgan fingerprint density at radius 2 is 2.12 bits per heavy atom. The molecule has 1 aromatic heterocycles. The SMILES string of the molecule is COC(=O)c1cn(Cc2ccccc2)nn1. The van der Waals surface area contributed by atoms with Crippen LogP contribution in [-0.2, 0) is 11.3 Å². The molecule has 0 aliphatic rings. The van der Waals surface area contributed by atoms with Gasteiger partial charge in [-0.15, -0.1) is 5.10 Å². The molecule has 2 rings (SSSR count). The van der Waals surface area contributed by atoms with E-state index in [-0.39, 0.29) is 5.69 Å². The monoisotopic (exact) mass is 217 g/mol. The Hall–Kier alpha value is -2.17. The Morgan fingerprint density at radius 1 is 1.38 bits per heavy atom. The van der Waals surface area contributed by atoms with E-state index in [2.05, 4.69) is 15.0 Å². The van der Waals surface area contributed by atoms with Crippen molar-refractivity contribution in [3.63, 3.8) is 0 Å². The first-order valence-electron chi connectivity index (χ1n) is 4.82. The van der Waals surface area contributed by atoms with Crippen molar-refractivity contribution >= 4 is 5.97 Å². The molecule has 1 heterocycles. The Morgan fingerprint density at radius 3 is 2.81 bits per heavy atom. The molecule has 0 unspecified atom stereocenters. The van der Waals surface area contributed by atoms with Gasteiger partial charge in [-0.25, -0.2) is 9.48 Å². The van der Waals surface area contributed by atoms with Gasteiger partial charge in [-0.05, 0) is 5.56 Å². The average molecular weight is 217 g/mol. The number of nitrogens with zero attached hydrogens (tertiary/aromatic N) is 3. The number of hydrogen-bond donors (Lipinski definition) is 0. The minimum Gasteiger partial charge on any atom is -0.464 e. The number of methoxy groups -OCH3 is 1. The fourth-order valence-electron chi connectivity index (χ4n) is 1.34. The molecule has 82 valence electrons. The van der Waals surface area contributed by atoms with Gasteiger partial charge in [0.1, 0.15) is 0 Å². The number of carbonyl (C=O) groups excluding carboxylic acids is 1. The van der Waals surface area contributed by atoms with Crippen LogP contribution in [0.15, 0.2) is 36.5 Å². The van der Waals surface area contributed by atoms with Crippen molar-refractivity contribution in [2.24, 2.45) is 0 Å². The number of benzene rings is 1. The molecule has 0 bridgehead atoms. The van der Waals surface area contributed by atoms with E-state index in [9.17, 15) is 4.79 Å². The third kappa shape index (κ3) is 2.25. The van der Waals surface area contributed by atoms with Crippen LogP contribution < -0.4 is 0 Å². The summed E-state index contributed by atoms with van der Waals surface area (Å²) in [5.41, 5.74) is 1.32. The summed E-state index contributed by atoms with van der Waals surface area (Å²) in [5, 5.41) is 7.57. The van der Waals surface area contributed by atoms with E-state index < -0.39 is 5.97 Å². The zero-order valence-electron chi connectivity index (χ0n) is 8.83. The minimum absolute atomic E-state index is 0.221. The zero-order valence-corrected chi connectivity index (χ0v) is 8.83. The highest BCUT2D eigenvalue weighted by atomic mass is 16.5. The van der Waals surface area contributed by atoms with Crippen LogP contribution >= 0.6 is 0 Å². The summed E-state index contributed by atoms with van der Waals surface area (Å²) in [5.74, 6) is -0.473. The van der Waals surface area contributed by atoms with Gasteiger partial charge >= 0.3 is 5.97 Å². The van der Waals surface area contributed by atoms with Crippen LogP contribution in [-0.4, -0.2) is 28.1 Å². The van der Waals surface area contributed by atoms with Crippen molar-refractivity contribution in [3.8, 4) is 0 Å². The van der Waals surface area contributed by atoms with Crippen LogP contribution in [0.5, 0.6) is 0 Å². The average Bonchev–Trinajstić information content (AvgIpc) is 2.78. The van der Waals surface area contributed by atoms with Gasteiger partial charge in [-0.1, -0.05) is 35.5 Å². The maximum atomic E-state index is 11.1. The molecule has 0 saturated carbocycles. The summed E-state index contributed by atoms with van der Waals surface area (Å²) in [6.07, 6.45) is 1.57. The normalized spacial score (nSPS) is 10.1. The van der Waals surface area contributed by atoms with E-state index >= 15 is 0 Å². The van der Waals surface area contributed by atoms with Gasteiger partial charge in [0.05, 0.1) is 19.9 Å². The van der Waals surface area contributed by atoms with Crippen LogP contribution in [0.1, 0.15) is 16.1 Å². The molecule has 5 nitrogen and oxygen atoms in total. The minimum atomic E-state index is -0.473. The highest BCUT2D eigenvalue weighted by Crippen LogP contribution is 2.02. The molecule has 0 saturated heterocycles. The summed E-state index contributed by atoms with van der Waals surface area (Å²) < 4.78 is 6.14. The van der Waals surface area contributed by atoms with E-state index in [0.717, 1.165) is 5.56 Å². The standard InChI is InChI=1S/C11H11N3O2/c1-16-11(15)10-8-14(13-12-10)7-9-5-3-2-4-6-9/h2-6,8H,7H2,1H3. The molecule has 0 atom stereocenters. The highest BCUT2D eigenvalue weighted by Gasteiger charge is 2.10. The Balaban J connectivity index is 2.12. The molecule has 1 aromatic carbocycles. The number of esters is 1. The van der Waals surface area contributed by atoms with E-state index in [4.69, 9.17) is 0 Å². The van der Waals surface area contributed by atoms with Crippen LogP contribution in [0, 0.1) is 0 Å². The van der Waals surface area contributed by atoms with Gasteiger partial charge in [0.25, 0.3) is 0 Å². The second-order valence-electron chi connectivity index (χ2n) is 3.28. The molecule has 0 aliphatic carbocycles. The number of ether oxygens (including phenoxy) is 1. The topological polar surface area (TPSA) is 57.0 Å². The maximum Gasteiger partial charge on any atom is 0.360 e. The molecular formula is C11H11N3O2. The van der Waals surface area contributed by atoms with Crippen molar-refractivity contribution < 1.29 is 9.53 Å². The van der Waals surface area contributed by atoms with E-state index in [1.807, 2.05) is 30.3 Å². The first-order chi connectivity index (χ1) is 7.79. The Bertz CT molecular complexity index is 479. The van der Waals surface area contributed by atoms with Crippen molar-refractivity contribution in [2.75, 3.05) is 7.11 Å². The fraction of sp³-hybridized carbons (Fsp3) is 0.182. The molecule has 0 fully saturated rings. The molecule has 0 N–H and O–H groups in total. The number of rotatable bonds is 3. The van der Waals surface area contributed by atoms with E-state index in [1.54, 1.807) is 10.9 Å². The molecule has 16 heavy (non-hydrogen) atoms. The van der Waals surface area contributed by atoms with Crippen molar-refractivity contribution in [1.29, 1.82) is 0 Å². The molecule has 0 radical (unpaired) electrons. The van der Waals surface area contributed by atoms with Gasteiger partial charge in [-0.3, -0.25) is 0 Å². The number of aromatic nitrogens is 3. The van der Waals surface area contributed by atoms with Crippen molar-refractivity contribution in [1.82, 2.24) is 15.0 Å². The number of hydrogen-bond acceptors (Lipinski definition) is 4. The Labute approximate surface area is 92.7 Å². The quantitative estimate of drug-likeness (QED) is 0.723.